The average Bonchev–Trinajstić information content (AvgIpc) is 2.70. The Morgan fingerprint density at radius 1 is 0.724 bits per heavy atom. The highest BCUT2D eigenvalue weighted by molar-refractivity contribution is 14.1. The molecule has 0 saturated carbocycles. The number of hydrogen-bond acceptors (Lipinski definition) is 2. The third-order valence-electron chi connectivity index (χ3n) is 5.47. The molecule has 0 aromatic heterocycles. The molecule has 0 atom stereocenters. The summed E-state index contributed by atoms with van der Waals surface area (Å²) >= 11 is 2.28. The van der Waals surface area contributed by atoms with Crippen molar-refractivity contribution in [1.82, 2.24) is 0 Å². The molecular formula is C25H35IO2S. The summed E-state index contributed by atoms with van der Waals surface area (Å²) < 4.78 is 26.7. The topological polar surface area (TPSA) is 34.1 Å². The zero-order valence-electron chi connectivity index (χ0n) is 17.9. The molecule has 0 saturated heterocycles. The van der Waals surface area contributed by atoms with Gasteiger partial charge < -0.3 is 0 Å². The van der Waals surface area contributed by atoms with Gasteiger partial charge in [0, 0.05) is 3.57 Å². The summed E-state index contributed by atoms with van der Waals surface area (Å²) in [6, 6.07) is 12.7. The van der Waals surface area contributed by atoms with Crippen molar-refractivity contribution in [1.29, 1.82) is 0 Å². The number of hydrogen-bond donors (Lipinski definition) is 0. The minimum Gasteiger partial charge on any atom is -0.219 e. The molecule has 0 spiro atoms. The molecule has 0 amide bonds. The van der Waals surface area contributed by atoms with Gasteiger partial charge in [-0.05, 0) is 72.2 Å². The first-order valence-corrected chi connectivity index (χ1v) is 13.6. The van der Waals surface area contributed by atoms with Crippen LogP contribution < -0.4 is 0 Å². The van der Waals surface area contributed by atoms with Crippen LogP contribution in [0, 0.1) is 10.5 Å². The fourth-order valence-corrected chi connectivity index (χ4v) is 5.84. The van der Waals surface area contributed by atoms with E-state index in [1.54, 1.807) is 18.2 Å². The third kappa shape index (κ3) is 8.05. The Hall–Kier alpha value is -0.880. The zero-order chi connectivity index (χ0) is 21.1. The highest BCUT2D eigenvalue weighted by Gasteiger charge is 2.18. The fraction of sp³-hybridized carbons (Fsp3) is 0.520. The van der Waals surface area contributed by atoms with Crippen LogP contribution in [0.2, 0.25) is 0 Å². The summed E-state index contributed by atoms with van der Waals surface area (Å²) in [7, 11) is -3.44. The smallest absolute Gasteiger partial charge is 0.206 e. The van der Waals surface area contributed by atoms with Gasteiger partial charge in [-0.1, -0.05) is 88.5 Å². The number of halogens is 1. The Morgan fingerprint density at radius 3 is 1.79 bits per heavy atom. The van der Waals surface area contributed by atoms with Gasteiger partial charge in [0.05, 0.1) is 9.79 Å². The number of rotatable bonds is 13. The van der Waals surface area contributed by atoms with Crippen LogP contribution in [0.15, 0.2) is 52.3 Å². The normalized spacial score (nSPS) is 11.7. The van der Waals surface area contributed by atoms with Crippen LogP contribution in [0.3, 0.4) is 0 Å². The second-order valence-corrected chi connectivity index (χ2v) is 11.1. The molecule has 0 aliphatic carbocycles. The lowest BCUT2D eigenvalue weighted by Gasteiger charge is -2.09. The predicted octanol–water partition coefficient (Wildman–Crippen LogP) is 7.90. The molecule has 2 rings (SSSR count). The first-order valence-electron chi connectivity index (χ1n) is 11.1. The van der Waals surface area contributed by atoms with Crippen LogP contribution >= 0.6 is 22.6 Å². The largest absolute Gasteiger partial charge is 0.219 e. The molecule has 0 bridgehead atoms. The van der Waals surface area contributed by atoms with Gasteiger partial charge in [-0.3, -0.25) is 0 Å². The maximum atomic E-state index is 12.8. The Kier molecular flexibility index (Phi) is 10.7. The number of benzene rings is 2. The lowest BCUT2D eigenvalue weighted by molar-refractivity contribution is 0.556. The molecule has 160 valence electrons. The lowest BCUT2D eigenvalue weighted by atomic mass is 10.0. The summed E-state index contributed by atoms with van der Waals surface area (Å²) in [6.45, 7) is 4.22. The van der Waals surface area contributed by atoms with E-state index in [1.165, 1.54) is 69.8 Å². The molecule has 0 N–H and O–H groups in total. The van der Waals surface area contributed by atoms with Gasteiger partial charge in [0.25, 0.3) is 0 Å². The molecule has 4 heteroatoms. The van der Waals surface area contributed by atoms with E-state index in [2.05, 4.69) is 29.5 Å². The SMILES string of the molecule is CCCCCCCCCCCCc1ccc(S(=O)(=O)c2ccc(C)cc2)cc1I. The van der Waals surface area contributed by atoms with E-state index in [0.29, 0.717) is 9.79 Å². The highest BCUT2D eigenvalue weighted by atomic mass is 127. The van der Waals surface area contributed by atoms with Gasteiger partial charge in [0.15, 0.2) is 0 Å². The van der Waals surface area contributed by atoms with Crippen LogP contribution in [-0.4, -0.2) is 8.42 Å². The molecule has 0 aliphatic heterocycles. The van der Waals surface area contributed by atoms with Gasteiger partial charge in [0.2, 0.25) is 9.84 Å². The van der Waals surface area contributed by atoms with Crippen molar-refractivity contribution >= 4 is 32.4 Å². The molecule has 0 aliphatic rings. The summed E-state index contributed by atoms with van der Waals surface area (Å²) in [6.07, 6.45) is 14.3. The van der Waals surface area contributed by atoms with Crippen molar-refractivity contribution in [2.24, 2.45) is 0 Å². The van der Waals surface area contributed by atoms with E-state index in [9.17, 15) is 8.42 Å². The summed E-state index contributed by atoms with van der Waals surface area (Å²) in [5.74, 6) is 0. The number of unbranched alkanes of at least 4 members (excludes halogenated alkanes) is 9. The Balaban J connectivity index is 1.79. The van der Waals surface area contributed by atoms with E-state index < -0.39 is 9.84 Å². The lowest BCUT2D eigenvalue weighted by Crippen LogP contribution is -2.03. The fourth-order valence-electron chi connectivity index (χ4n) is 3.55. The van der Waals surface area contributed by atoms with E-state index in [1.807, 2.05) is 31.2 Å². The molecule has 2 aromatic rings. The van der Waals surface area contributed by atoms with Crippen molar-refractivity contribution in [2.45, 2.75) is 94.3 Å². The van der Waals surface area contributed by atoms with Crippen molar-refractivity contribution in [2.75, 3.05) is 0 Å². The van der Waals surface area contributed by atoms with Crippen LogP contribution in [0.5, 0.6) is 0 Å². The predicted molar refractivity (Wildman–Crippen MR) is 131 cm³/mol. The van der Waals surface area contributed by atoms with Crippen molar-refractivity contribution in [3.8, 4) is 0 Å². The van der Waals surface area contributed by atoms with Crippen molar-refractivity contribution < 1.29 is 8.42 Å². The number of aryl methyl sites for hydroxylation is 2. The second-order valence-electron chi connectivity index (χ2n) is 8.00. The van der Waals surface area contributed by atoms with Crippen molar-refractivity contribution in [3.05, 3.63) is 57.2 Å². The first-order chi connectivity index (χ1) is 13.9. The summed E-state index contributed by atoms with van der Waals surface area (Å²) in [5, 5.41) is 0. The molecule has 2 aromatic carbocycles. The first kappa shape index (κ1) is 24.4. The molecule has 0 fully saturated rings. The summed E-state index contributed by atoms with van der Waals surface area (Å²) in [5.41, 5.74) is 2.32. The zero-order valence-corrected chi connectivity index (χ0v) is 20.9. The molecule has 29 heavy (non-hydrogen) atoms. The quantitative estimate of drug-likeness (QED) is 0.196. The van der Waals surface area contributed by atoms with E-state index in [4.69, 9.17) is 0 Å². The Morgan fingerprint density at radius 2 is 1.24 bits per heavy atom. The monoisotopic (exact) mass is 526 g/mol. The Labute approximate surface area is 191 Å². The van der Waals surface area contributed by atoms with Gasteiger partial charge in [-0.2, -0.15) is 0 Å². The maximum Gasteiger partial charge on any atom is 0.206 e. The van der Waals surface area contributed by atoms with E-state index >= 15 is 0 Å². The van der Waals surface area contributed by atoms with Crippen LogP contribution in [-0.2, 0) is 16.3 Å². The van der Waals surface area contributed by atoms with Gasteiger partial charge >= 0.3 is 0 Å². The van der Waals surface area contributed by atoms with Gasteiger partial charge in [-0.25, -0.2) is 8.42 Å². The van der Waals surface area contributed by atoms with E-state index in [-0.39, 0.29) is 0 Å². The molecular weight excluding hydrogens is 491 g/mol. The van der Waals surface area contributed by atoms with Crippen LogP contribution in [0.4, 0.5) is 0 Å². The standard InChI is InChI=1S/C25H35IO2S/c1-3-4-5-6-7-8-9-10-11-12-13-22-16-19-24(20-25(22)26)29(27,28)23-17-14-21(2)15-18-23/h14-20H,3-13H2,1-2H3. The maximum absolute atomic E-state index is 12.8. The second kappa shape index (κ2) is 12.7. The van der Waals surface area contributed by atoms with Crippen LogP contribution in [0.25, 0.3) is 0 Å². The van der Waals surface area contributed by atoms with Crippen LogP contribution in [0.1, 0.15) is 82.3 Å². The third-order valence-corrected chi connectivity index (χ3v) is 8.24. The van der Waals surface area contributed by atoms with Crippen molar-refractivity contribution in [3.63, 3.8) is 0 Å². The number of sulfone groups is 1. The summed E-state index contributed by atoms with van der Waals surface area (Å²) in [4.78, 5) is 0.749. The molecule has 0 radical (unpaired) electrons. The Bertz CT molecular complexity index is 842. The molecule has 0 heterocycles. The molecule has 0 unspecified atom stereocenters. The minimum atomic E-state index is -3.44. The average molecular weight is 527 g/mol. The van der Waals surface area contributed by atoms with Gasteiger partial charge in [-0.15, -0.1) is 0 Å². The van der Waals surface area contributed by atoms with Gasteiger partial charge in [0.1, 0.15) is 0 Å². The molecule has 2 nitrogen and oxygen atoms in total. The van der Waals surface area contributed by atoms with E-state index in [0.717, 1.165) is 15.6 Å². The highest BCUT2D eigenvalue weighted by Crippen LogP contribution is 2.25. The minimum absolute atomic E-state index is 0.362.